The number of likely N-dealkylation sites (tertiary alicyclic amines) is 1. The number of rotatable bonds is 6. The number of aliphatic imine (C=N–C) groups is 1. The molecule has 1 heterocycles. The van der Waals surface area contributed by atoms with Crippen molar-refractivity contribution in [2.75, 3.05) is 47.9 Å². The second-order valence-electron chi connectivity index (χ2n) is 7.53. The van der Waals surface area contributed by atoms with Gasteiger partial charge in [0.25, 0.3) is 0 Å². The van der Waals surface area contributed by atoms with Gasteiger partial charge in [-0.05, 0) is 43.8 Å². The number of benzene rings is 2. The maximum atomic E-state index is 5.40. The zero-order valence-electron chi connectivity index (χ0n) is 17.8. The first-order valence-electron chi connectivity index (χ1n) is 9.93. The third-order valence-corrected chi connectivity index (χ3v) is 5.53. The molecule has 0 aromatic heterocycles. The van der Waals surface area contributed by atoms with Gasteiger partial charge in [0.05, 0.1) is 13.2 Å². The van der Waals surface area contributed by atoms with Crippen LogP contribution in [-0.4, -0.2) is 63.6 Å². The van der Waals surface area contributed by atoms with Crippen LogP contribution in [0, 0.1) is 0 Å². The largest absolute Gasteiger partial charge is 0.497 e. The number of likely N-dealkylation sites (N-methyl/N-ethyl adjacent to an activating group) is 1. The topological polar surface area (TPSA) is 40.1 Å². The summed E-state index contributed by atoms with van der Waals surface area (Å²) in [7, 11) is 7.79. The van der Waals surface area contributed by atoms with Crippen LogP contribution in [0.3, 0.4) is 0 Å². The van der Waals surface area contributed by atoms with E-state index in [9.17, 15) is 0 Å². The maximum absolute atomic E-state index is 5.40. The Kier molecular flexibility index (Phi) is 9.23. The lowest BCUT2D eigenvalue weighted by Gasteiger charge is -2.28. The summed E-state index contributed by atoms with van der Waals surface area (Å²) in [5.41, 5.74) is 2.65. The van der Waals surface area contributed by atoms with Crippen molar-refractivity contribution in [2.24, 2.45) is 4.99 Å². The highest BCUT2D eigenvalue weighted by molar-refractivity contribution is 14.0. The van der Waals surface area contributed by atoms with Gasteiger partial charge < -0.3 is 19.9 Å². The molecule has 29 heavy (non-hydrogen) atoms. The monoisotopic (exact) mass is 508 g/mol. The molecular weight excluding hydrogens is 475 g/mol. The molecule has 158 valence electrons. The normalized spacial score (nSPS) is 17.8. The van der Waals surface area contributed by atoms with Gasteiger partial charge in [-0.15, -0.1) is 24.0 Å². The highest BCUT2D eigenvalue weighted by Crippen LogP contribution is 2.27. The number of halogens is 1. The summed E-state index contributed by atoms with van der Waals surface area (Å²) in [6.45, 7) is 2.83. The lowest BCUT2D eigenvalue weighted by atomic mass is 9.99. The third-order valence-electron chi connectivity index (χ3n) is 5.53. The quantitative estimate of drug-likeness (QED) is 0.364. The molecule has 1 fully saturated rings. The lowest BCUT2D eigenvalue weighted by Crippen LogP contribution is -2.43. The summed E-state index contributed by atoms with van der Waals surface area (Å²) in [5, 5.41) is 3.59. The number of nitrogens with zero attached hydrogens (tertiary/aromatic N) is 3. The summed E-state index contributed by atoms with van der Waals surface area (Å²) in [5.74, 6) is 2.44. The molecule has 1 aliphatic heterocycles. The van der Waals surface area contributed by atoms with Gasteiger partial charge in [0.1, 0.15) is 5.75 Å². The third kappa shape index (κ3) is 6.09. The molecule has 2 aromatic rings. The number of hydrogen-bond donors (Lipinski definition) is 1. The minimum atomic E-state index is 0. The molecule has 6 heteroatoms. The average molecular weight is 508 g/mol. The molecule has 5 nitrogen and oxygen atoms in total. The summed E-state index contributed by atoms with van der Waals surface area (Å²) in [4.78, 5) is 9.14. The Morgan fingerprint density at radius 1 is 1.21 bits per heavy atom. The van der Waals surface area contributed by atoms with Crippen LogP contribution in [0.4, 0.5) is 0 Å². The molecule has 0 saturated carbocycles. The van der Waals surface area contributed by atoms with Crippen LogP contribution in [0.15, 0.2) is 59.6 Å². The van der Waals surface area contributed by atoms with Crippen molar-refractivity contribution in [3.8, 4) is 5.75 Å². The number of guanidine groups is 1. The molecular formula is C23H33IN4O. The molecule has 3 rings (SSSR count). The molecule has 0 spiro atoms. The van der Waals surface area contributed by atoms with E-state index in [-0.39, 0.29) is 30.0 Å². The van der Waals surface area contributed by atoms with E-state index in [1.165, 1.54) is 11.1 Å². The first kappa shape index (κ1) is 23.5. The van der Waals surface area contributed by atoms with Gasteiger partial charge in [-0.2, -0.15) is 0 Å². The van der Waals surface area contributed by atoms with Crippen LogP contribution in [0.2, 0.25) is 0 Å². The summed E-state index contributed by atoms with van der Waals surface area (Å²) >= 11 is 0. The fourth-order valence-electron chi connectivity index (χ4n) is 3.92. The van der Waals surface area contributed by atoms with E-state index in [0.29, 0.717) is 5.92 Å². The molecule has 0 amide bonds. The minimum absolute atomic E-state index is 0. The Labute approximate surface area is 192 Å². The fraction of sp³-hybridized carbons (Fsp3) is 0.435. The second-order valence-corrected chi connectivity index (χ2v) is 7.53. The Bertz CT molecular complexity index is 781. The SMILES string of the molecule is CN=C(NCC(c1cccc(OC)c1)N(C)C)N1CCC(c2ccccc2)C1.I. The van der Waals surface area contributed by atoms with Crippen LogP contribution in [-0.2, 0) is 0 Å². The molecule has 0 bridgehead atoms. The summed E-state index contributed by atoms with van der Waals surface area (Å²) in [6, 6.07) is 19.3. The Hall–Kier alpha value is -1.80. The smallest absolute Gasteiger partial charge is 0.193 e. The first-order valence-corrected chi connectivity index (χ1v) is 9.93. The van der Waals surface area contributed by atoms with Crippen molar-refractivity contribution in [2.45, 2.75) is 18.4 Å². The Morgan fingerprint density at radius 2 is 1.97 bits per heavy atom. The van der Waals surface area contributed by atoms with Gasteiger partial charge in [0.2, 0.25) is 0 Å². The van der Waals surface area contributed by atoms with Crippen LogP contribution >= 0.6 is 24.0 Å². The second kappa shape index (κ2) is 11.4. The molecule has 2 atom stereocenters. The number of hydrogen-bond acceptors (Lipinski definition) is 3. The van der Waals surface area contributed by atoms with E-state index in [4.69, 9.17) is 4.74 Å². The highest BCUT2D eigenvalue weighted by Gasteiger charge is 2.26. The summed E-state index contributed by atoms with van der Waals surface area (Å²) < 4.78 is 5.40. The number of methoxy groups -OCH3 is 1. The van der Waals surface area contributed by atoms with Gasteiger partial charge >= 0.3 is 0 Å². The zero-order chi connectivity index (χ0) is 19.9. The van der Waals surface area contributed by atoms with Crippen molar-refractivity contribution >= 4 is 29.9 Å². The maximum Gasteiger partial charge on any atom is 0.193 e. The van der Waals surface area contributed by atoms with Crippen molar-refractivity contribution in [3.05, 3.63) is 65.7 Å². The van der Waals surface area contributed by atoms with Gasteiger partial charge in [0.15, 0.2) is 5.96 Å². The van der Waals surface area contributed by atoms with E-state index >= 15 is 0 Å². The van der Waals surface area contributed by atoms with Gasteiger partial charge in [-0.1, -0.05) is 42.5 Å². The fourth-order valence-corrected chi connectivity index (χ4v) is 3.92. The average Bonchev–Trinajstić information content (AvgIpc) is 3.21. The Balaban J connectivity index is 0.00000300. The van der Waals surface area contributed by atoms with Crippen LogP contribution in [0.25, 0.3) is 0 Å². The predicted octanol–water partition coefficient (Wildman–Crippen LogP) is 3.98. The molecule has 1 aliphatic rings. The van der Waals surface area contributed by atoms with Crippen LogP contribution in [0.5, 0.6) is 5.75 Å². The van der Waals surface area contributed by atoms with Crippen molar-refractivity contribution in [1.29, 1.82) is 0 Å². The van der Waals surface area contributed by atoms with Gasteiger partial charge in [-0.25, -0.2) is 0 Å². The Morgan fingerprint density at radius 3 is 2.62 bits per heavy atom. The van der Waals surface area contributed by atoms with E-state index in [1.807, 2.05) is 19.2 Å². The first-order chi connectivity index (χ1) is 13.6. The van der Waals surface area contributed by atoms with Crippen LogP contribution < -0.4 is 10.1 Å². The van der Waals surface area contributed by atoms with Gasteiger partial charge in [0, 0.05) is 32.6 Å². The minimum Gasteiger partial charge on any atom is -0.497 e. The number of ether oxygens (including phenoxy) is 1. The van der Waals surface area contributed by atoms with Crippen molar-refractivity contribution in [1.82, 2.24) is 15.1 Å². The van der Waals surface area contributed by atoms with E-state index in [2.05, 4.69) is 76.7 Å². The molecule has 0 aliphatic carbocycles. The predicted molar refractivity (Wildman–Crippen MR) is 132 cm³/mol. The molecule has 2 unspecified atom stereocenters. The molecule has 1 saturated heterocycles. The molecule has 0 radical (unpaired) electrons. The van der Waals surface area contributed by atoms with E-state index in [1.54, 1.807) is 7.11 Å². The van der Waals surface area contributed by atoms with Crippen molar-refractivity contribution < 1.29 is 4.74 Å². The van der Waals surface area contributed by atoms with Gasteiger partial charge in [-0.3, -0.25) is 4.99 Å². The number of nitrogens with one attached hydrogen (secondary N) is 1. The standard InChI is InChI=1S/C23H32N4O.HI/c1-24-23(27-14-13-20(17-27)18-9-6-5-7-10-18)25-16-22(26(2)3)19-11-8-12-21(15-19)28-4;/h5-12,15,20,22H,13-14,16-17H2,1-4H3,(H,24,25);1H. The van der Waals surface area contributed by atoms with E-state index < -0.39 is 0 Å². The van der Waals surface area contributed by atoms with Crippen molar-refractivity contribution in [3.63, 3.8) is 0 Å². The summed E-state index contributed by atoms with van der Waals surface area (Å²) in [6.07, 6.45) is 1.16. The molecule has 2 aromatic carbocycles. The van der Waals surface area contributed by atoms with E-state index in [0.717, 1.165) is 37.8 Å². The lowest BCUT2D eigenvalue weighted by molar-refractivity contribution is 0.294. The zero-order valence-corrected chi connectivity index (χ0v) is 20.2. The van der Waals surface area contributed by atoms with Crippen LogP contribution in [0.1, 0.15) is 29.5 Å². The molecule has 1 N–H and O–H groups in total. The highest BCUT2D eigenvalue weighted by atomic mass is 127.